The van der Waals surface area contributed by atoms with Crippen LogP contribution in [0.15, 0.2) is 0 Å². The van der Waals surface area contributed by atoms with Gasteiger partial charge in [-0.3, -0.25) is 9.69 Å². The molecular weight excluding hydrogens is 210 g/mol. The Bertz CT molecular complexity index is 187. The van der Waals surface area contributed by atoms with E-state index in [1.165, 1.54) is 0 Å². The van der Waals surface area contributed by atoms with Gasteiger partial charge in [-0.15, -0.1) is 0 Å². The molecule has 0 spiro atoms. The lowest BCUT2D eigenvalue weighted by Crippen LogP contribution is -2.44. The van der Waals surface area contributed by atoms with Crippen molar-refractivity contribution in [2.45, 2.75) is 45.2 Å². The van der Waals surface area contributed by atoms with Crippen LogP contribution in [0.2, 0.25) is 0 Å². The summed E-state index contributed by atoms with van der Waals surface area (Å²) >= 11 is 1.76. The molecule has 0 saturated heterocycles. The lowest BCUT2D eigenvalue weighted by Gasteiger charge is -2.30. The van der Waals surface area contributed by atoms with Crippen LogP contribution in [0, 0.1) is 0 Å². The van der Waals surface area contributed by atoms with E-state index < -0.39 is 5.97 Å². The van der Waals surface area contributed by atoms with Gasteiger partial charge in [0.25, 0.3) is 0 Å². The maximum atomic E-state index is 11.1. The first kappa shape index (κ1) is 14.8. The van der Waals surface area contributed by atoms with E-state index in [1.807, 2.05) is 18.2 Å². The minimum atomic E-state index is -0.695. The third-order valence-corrected chi connectivity index (χ3v) is 3.53. The molecule has 0 aliphatic heterocycles. The fourth-order valence-electron chi connectivity index (χ4n) is 1.56. The number of thioether (sulfide) groups is 1. The molecule has 0 aliphatic carbocycles. The van der Waals surface area contributed by atoms with Crippen LogP contribution in [0.5, 0.6) is 0 Å². The summed E-state index contributed by atoms with van der Waals surface area (Å²) in [6.07, 6.45) is 4.83. The quantitative estimate of drug-likeness (QED) is 0.698. The second kappa shape index (κ2) is 7.99. The molecule has 90 valence electrons. The number of nitrogens with zero attached hydrogens (tertiary/aromatic N) is 1. The minimum absolute atomic E-state index is 0.318. The van der Waals surface area contributed by atoms with Crippen molar-refractivity contribution >= 4 is 17.7 Å². The van der Waals surface area contributed by atoms with Gasteiger partial charge in [-0.2, -0.15) is 11.8 Å². The molecule has 15 heavy (non-hydrogen) atoms. The van der Waals surface area contributed by atoms with E-state index in [9.17, 15) is 4.79 Å². The zero-order chi connectivity index (χ0) is 11.8. The molecule has 0 aromatic carbocycles. The van der Waals surface area contributed by atoms with E-state index in [-0.39, 0.29) is 6.04 Å². The Morgan fingerprint density at radius 3 is 2.53 bits per heavy atom. The summed E-state index contributed by atoms with van der Waals surface area (Å²) in [6.45, 7) is 4.17. The molecule has 2 atom stereocenters. The Labute approximate surface area is 97.2 Å². The summed E-state index contributed by atoms with van der Waals surface area (Å²) in [4.78, 5) is 13.1. The standard InChI is InChI=1S/C11H23NO2S/c1-5-6-7-10(11(13)14)12(3)9(2)8-15-4/h9-10H,5-8H2,1-4H3,(H,13,14). The molecule has 0 aliphatic rings. The van der Waals surface area contributed by atoms with Gasteiger partial charge in [0.15, 0.2) is 0 Å². The molecule has 0 aromatic rings. The van der Waals surface area contributed by atoms with Gasteiger partial charge >= 0.3 is 5.97 Å². The summed E-state index contributed by atoms with van der Waals surface area (Å²) in [5.41, 5.74) is 0. The fourth-order valence-corrected chi connectivity index (χ4v) is 2.28. The Morgan fingerprint density at radius 2 is 2.13 bits per heavy atom. The molecule has 4 heteroatoms. The topological polar surface area (TPSA) is 40.5 Å². The first-order valence-electron chi connectivity index (χ1n) is 5.48. The Morgan fingerprint density at radius 1 is 1.53 bits per heavy atom. The molecule has 3 nitrogen and oxygen atoms in total. The molecule has 0 bridgehead atoms. The van der Waals surface area contributed by atoms with E-state index in [0.29, 0.717) is 6.04 Å². The molecule has 1 N–H and O–H groups in total. The van der Waals surface area contributed by atoms with Crippen LogP contribution in [0.25, 0.3) is 0 Å². The van der Waals surface area contributed by atoms with Crippen LogP contribution in [0.3, 0.4) is 0 Å². The second-order valence-corrected chi connectivity index (χ2v) is 4.88. The van der Waals surface area contributed by atoms with E-state index in [2.05, 4.69) is 13.8 Å². The second-order valence-electron chi connectivity index (χ2n) is 3.97. The number of hydrogen-bond donors (Lipinski definition) is 1. The highest BCUT2D eigenvalue weighted by Crippen LogP contribution is 2.13. The number of unbranched alkanes of at least 4 members (excludes halogenated alkanes) is 1. The summed E-state index contributed by atoms with van der Waals surface area (Å²) in [6, 6.07) is -0.00921. The average Bonchev–Trinajstić information content (AvgIpc) is 2.18. The third-order valence-electron chi connectivity index (χ3n) is 2.71. The van der Waals surface area contributed by atoms with Crippen molar-refractivity contribution in [3.05, 3.63) is 0 Å². The Balaban J connectivity index is 4.26. The highest BCUT2D eigenvalue weighted by Gasteiger charge is 2.25. The van der Waals surface area contributed by atoms with Gasteiger partial charge < -0.3 is 5.11 Å². The number of carboxylic acids is 1. The van der Waals surface area contributed by atoms with Crippen LogP contribution in [-0.4, -0.2) is 47.1 Å². The van der Waals surface area contributed by atoms with Gasteiger partial charge in [-0.05, 0) is 26.6 Å². The van der Waals surface area contributed by atoms with Crippen LogP contribution in [0.1, 0.15) is 33.1 Å². The van der Waals surface area contributed by atoms with E-state index in [0.717, 1.165) is 25.0 Å². The van der Waals surface area contributed by atoms with Gasteiger partial charge in [0, 0.05) is 11.8 Å². The number of hydrogen-bond acceptors (Lipinski definition) is 3. The average molecular weight is 233 g/mol. The van der Waals surface area contributed by atoms with Gasteiger partial charge in [-0.1, -0.05) is 19.8 Å². The van der Waals surface area contributed by atoms with Crippen LogP contribution in [-0.2, 0) is 4.79 Å². The smallest absolute Gasteiger partial charge is 0.320 e. The molecule has 0 heterocycles. The van der Waals surface area contributed by atoms with Crippen LogP contribution >= 0.6 is 11.8 Å². The molecule has 0 saturated carbocycles. The van der Waals surface area contributed by atoms with Gasteiger partial charge in [-0.25, -0.2) is 0 Å². The first-order valence-corrected chi connectivity index (χ1v) is 6.87. The predicted octanol–water partition coefficient (Wildman–Crippen LogP) is 2.31. The van der Waals surface area contributed by atoms with Gasteiger partial charge in [0.05, 0.1) is 0 Å². The maximum Gasteiger partial charge on any atom is 0.320 e. The van der Waals surface area contributed by atoms with Crippen molar-refractivity contribution in [1.29, 1.82) is 0 Å². The predicted molar refractivity (Wildman–Crippen MR) is 66.6 cm³/mol. The van der Waals surface area contributed by atoms with Crippen molar-refractivity contribution in [1.82, 2.24) is 4.90 Å². The van der Waals surface area contributed by atoms with E-state index in [1.54, 1.807) is 11.8 Å². The summed E-state index contributed by atoms with van der Waals surface area (Å²) in [7, 11) is 1.91. The SMILES string of the molecule is CCCCC(C(=O)O)N(C)C(C)CSC. The fraction of sp³-hybridized carbons (Fsp3) is 0.909. The highest BCUT2D eigenvalue weighted by atomic mass is 32.2. The van der Waals surface area contributed by atoms with Gasteiger partial charge in [0.1, 0.15) is 6.04 Å². The van der Waals surface area contributed by atoms with E-state index >= 15 is 0 Å². The zero-order valence-electron chi connectivity index (χ0n) is 10.2. The van der Waals surface area contributed by atoms with Crippen LogP contribution in [0.4, 0.5) is 0 Å². The van der Waals surface area contributed by atoms with E-state index in [4.69, 9.17) is 5.11 Å². The molecule has 0 rings (SSSR count). The number of rotatable bonds is 8. The van der Waals surface area contributed by atoms with Crippen molar-refractivity contribution in [2.24, 2.45) is 0 Å². The molecule has 0 amide bonds. The highest BCUT2D eigenvalue weighted by molar-refractivity contribution is 7.98. The number of carboxylic acid groups (broad SMARTS) is 1. The van der Waals surface area contributed by atoms with Crippen molar-refractivity contribution in [3.8, 4) is 0 Å². The minimum Gasteiger partial charge on any atom is -0.480 e. The zero-order valence-corrected chi connectivity index (χ0v) is 11.0. The van der Waals surface area contributed by atoms with Crippen molar-refractivity contribution in [3.63, 3.8) is 0 Å². The van der Waals surface area contributed by atoms with Crippen LogP contribution < -0.4 is 0 Å². The number of likely N-dealkylation sites (N-methyl/N-ethyl adjacent to an activating group) is 1. The molecule has 2 unspecified atom stereocenters. The lowest BCUT2D eigenvalue weighted by molar-refractivity contribution is -0.143. The normalized spacial score (nSPS) is 15.3. The summed E-state index contributed by atoms with van der Waals surface area (Å²) in [5, 5.41) is 9.14. The number of aliphatic carboxylic acids is 1. The molecular formula is C11H23NO2S. The first-order chi connectivity index (χ1) is 7.04. The monoisotopic (exact) mass is 233 g/mol. The van der Waals surface area contributed by atoms with Crippen molar-refractivity contribution in [2.75, 3.05) is 19.1 Å². The van der Waals surface area contributed by atoms with Gasteiger partial charge in [0.2, 0.25) is 0 Å². The molecule has 0 fully saturated rings. The largest absolute Gasteiger partial charge is 0.480 e. The Kier molecular flexibility index (Phi) is 7.88. The Hall–Kier alpha value is -0.220. The molecule has 0 radical (unpaired) electrons. The summed E-state index contributed by atoms with van der Waals surface area (Å²) < 4.78 is 0. The number of carbonyl (C=O) groups is 1. The third kappa shape index (κ3) is 5.42. The summed E-state index contributed by atoms with van der Waals surface area (Å²) in [5.74, 6) is 0.283. The lowest BCUT2D eigenvalue weighted by atomic mass is 10.1. The van der Waals surface area contributed by atoms with Crippen molar-refractivity contribution < 1.29 is 9.90 Å². The molecule has 0 aromatic heterocycles. The maximum absolute atomic E-state index is 11.1.